The summed E-state index contributed by atoms with van der Waals surface area (Å²) in [6, 6.07) is 7.01. The van der Waals surface area contributed by atoms with Crippen LogP contribution in [0.5, 0.6) is 0 Å². The average Bonchev–Trinajstić information content (AvgIpc) is 2.95. The third-order valence-electron chi connectivity index (χ3n) is 3.98. The summed E-state index contributed by atoms with van der Waals surface area (Å²) in [5.41, 5.74) is 0.725. The van der Waals surface area contributed by atoms with Gasteiger partial charge in [0, 0.05) is 18.1 Å². The van der Waals surface area contributed by atoms with Crippen molar-refractivity contribution in [2.75, 3.05) is 0 Å². The number of imidazole rings is 1. The van der Waals surface area contributed by atoms with E-state index in [1.165, 1.54) is 9.13 Å². The van der Waals surface area contributed by atoms with Gasteiger partial charge in [-0.1, -0.05) is 38.4 Å². The number of aromatic nitrogens is 4. The third-order valence-corrected chi connectivity index (χ3v) is 4.21. The second-order valence-electron chi connectivity index (χ2n) is 6.52. The standard InChI is InChI=1S/C18H21ClN4O2/c1-4-8-21-11-20-16-15(21)17(24)22(10-12(2)3)18(25)23(16)14-7-5-6-13(19)9-14/h5-7,9,11-12H,4,8,10H2,1-3H3. The first kappa shape index (κ1) is 17.5. The van der Waals surface area contributed by atoms with Gasteiger partial charge in [0.1, 0.15) is 0 Å². The number of nitrogens with zero attached hydrogens (tertiary/aromatic N) is 4. The monoisotopic (exact) mass is 360 g/mol. The van der Waals surface area contributed by atoms with Gasteiger partial charge in [0.2, 0.25) is 0 Å². The molecule has 2 aromatic heterocycles. The Morgan fingerprint density at radius 3 is 2.64 bits per heavy atom. The molecule has 0 N–H and O–H groups in total. The van der Waals surface area contributed by atoms with Crippen molar-refractivity contribution in [3.63, 3.8) is 0 Å². The molecular formula is C18H21ClN4O2. The van der Waals surface area contributed by atoms with Crippen molar-refractivity contribution in [2.45, 2.75) is 40.3 Å². The van der Waals surface area contributed by atoms with E-state index in [2.05, 4.69) is 4.98 Å². The maximum atomic E-state index is 13.1. The first-order valence-corrected chi connectivity index (χ1v) is 8.78. The molecule has 3 rings (SSSR count). The van der Waals surface area contributed by atoms with Crippen LogP contribution >= 0.6 is 11.6 Å². The molecule has 6 nitrogen and oxygen atoms in total. The molecule has 2 heterocycles. The van der Waals surface area contributed by atoms with Crippen molar-refractivity contribution in [2.24, 2.45) is 5.92 Å². The van der Waals surface area contributed by atoms with Crippen LogP contribution in [0.2, 0.25) is 5.02 Å². The van der Waals surface area contributed by atoms with Crippen LogP contribution in [0, 0.1) is 5.92 Å². The van der Waals surface area contributed by atoms with E-state index >= 15 is 0 Å². The van der Waals surface area contributed by atoms with E-state index in [9.17, 15) is 9.59 Å². The molecular weight excluding hydrogens is 340 g/mol. The lowest BCUT2D eigenvalue weighted by Crippen LogP contribution is -2.41. The molecule has 3 aromatic rings. The molecule has 0 aliphatic carbocycles. The minimum Gasteiger partial charge on any atom is -0.325 e. The highest BCUT2D eigenvalue weighted by molar-refractivity contribution is 6.30. The zero-order valence-corrected chi connectivity index (χ0v) is 15.3. The zero-order valence-electron chi connectivity index (χ0n) is 14.6. The van der Waals surface area contributed by atoms with Crippen LogP contribution in [0.25, 0.3) is 16.9 Å². The van der Waals surface area contributed by atoms with Crippen molar-refractivity contribution in [3.05, 3.63) is 56.5 Å². The third kappa shape index (κ3) is 3.14. The largest absolute Gasteiger partial charge is 0.337 e. The van der Waals surface area contributed by atoms with E-state index in [-0.39, 0.29) is 11.5 Å². The van der Waals surface area contributed by atoms with Gasteiger partial charge in [0.15, 0.2) is 11.2 Å². The molecule has 25 heavy (non-hydrogen) atoms. The van der Waals surface area contributed by atoms with Crippen LogP contribution in [0.3, 0.4) is 0 Å². The molecule has 0 amide bonds. The smallest absolute Gasteiger partial charge is 0.325 e. The highest BCUT2D eigenvalue weighted by Crippen LogP contribution is 2.17. The summed E-state index contributed by atoms with van der Waals surface area (Å²) in [6.45, 7) is 7.00. The van der Waals surface area contributed by atoms with Gasteiger partial charge in [-0.3, -0.25) is 9.36 Å². The van der Waals surface area contributed by atoms with Gasteiger partial charge in [-0.05, 0) is 30.5 Å². The Hall–Kier alpha value is -2.34. The average molecular weight is 361 g/mol. The fourth-order valence-corrected chi connectivity index (χ4v) is 3.15. The molecule has 0 aliphatic rings. The fraction of sp³-hybridized carbons (Fsp3) is 0.389. The van der Waals surface area contributed by atoms with Gasteiger partial charge in [-0.2, -0.15) is 0 Å². The Kier molecular flexibility index (Phi) is 4.81. The van der Waals surface area contributed by atoms with Crippen LogP contribution in [0.4, 0.5) is 0 Å². The molecule has 132 valence electrons. The minimum absolute atomic E-state index is 0.165. The topological polar surface area (TPSA) is 61.8 Å². The number of hydrogen-bond acceptors (Lipinski definition) is 3. The van der Waals surface area contributed by atoms with Gasteiger partial charge in [0.25, 0.3) is 5.56 Å². The predicted molar refractivity (Wildman–Crippen MR) is 99.7 cm³/mol. The van der Waals surface area contributed by atoms with Crippen LogP contribution in [-0.4, -0.2) is 18.7 Å². The lowest BCUT2D eigenvalue weighted by molar-refractivity contribution is 0.488. The van der Waals surface area contributed by atoms with Crippen LogP contribution < -0.4 is 11.2 Å². The Balaban J connectivity index is 2.43. The summed E-state index contributed by atoms with van der Waals surface area (Å²) < 4.78 is 4.58. The Labute approximate surface area is 150 Å². The Morgan fingerprint density at radius 1 is 1.24 bits per heavy atom. The van der Waals surface area contributed by atoms with Crippen LogP contribution in [-0.2, 0) is 13.1 Å². The Morgan fingerprint density at radius 2 is 2.00 bits per heavy atom. The maximum absolute atomic E-state index is 13.1. The normalized spacial score (nSPS) is 11.6. The van der Waals surface area contributed by atoms with Crippen LogP contribution in [0.15, 0.2) is 40.2 Å². The van der Waals surface area contributed by atoms with Crippen molar-refractivity contribution >= 4 is 22.8 Å². The van der Waals surface area contributed by atoms with Gasteiger partial charge < -0.3 is 4.57 Å². The van der Waals surface area contributed by atoms with Gasteiger partial charge in [0.05, 0.1) is 12.0 Å². The SMILES string of the molecule is CCCn1cnc2c1c(=O)n(CC(C)C)c(=O)n2-c1cccc(Cl)c1. The second-order valence-corrected chi connectivity index (χ2v) is 6.95. The Bertz CT molecular complexity index is 1030. The molecule has 0 atom stereocenters. The number of halogens is 1. The molecule has 7 heteroatoms. The first-order valence-electron chi connectivity index (χ1n) is 8.40. The number of rotatable bonds is 5. The molecule has 0 unspecified atom stereocenters. The zero-order chi connectivity index (χ0) is 18.1. The van der Waals surface area contributed by atoms with E-state index in [4.69, 9.17) is 11.6 Å². The number of fused-ring (bicyclic) bond motifs is 1. The van der Waals surface area contributed by atoms with Gasteiger partial charge in [-0.25, -0.2) is 14.3 Å². The predicted octanol–water partition coefficient (Wildman–Crippen LogP) is 3.07. The summed E-state index contributed by atoms with van der Waals surface area (Å²) in [5, 5.41) is 0.521. The molecule has 0 radical (unpaired) electrons. The van der Waals surface area contributed by atoms with Crippen molar-refractivity contribution < 1.29 is 0 Å². The molecule has 0 fully saturated rings. The van der Waals surface area contributed by atoms with Gasteiger partial charge >= 0.3 is 5.69 Å². The molecule has 0 aliphatic heterocycles. The van der Waals surface area contributed by atoms with Crippen LogP contribution in [0.1, 0.15) is 27.2 Å². The summed E-state index contributed by atoms with van der Waals surface area (Å²) in [6.07, 6.45) is 2.49. The van der Waals surface area contributed by atoms with E-state index in [1.54, 1.807) is 30.6 Å². The van der Waals surface area contributed by atoms with E-state index in [0.29, 0.717) is 35.0 Å². The summed E-state index contributed by atoms with van der Waals surface area (Å²) >= 11 is 6.10. The second kappa shape index (κ2) is 6.88. The van der Waals surface area contributed by atoms with Crippen molar-refractivity contribution in [3.8, 4) is 5.69 Å². The first-order chi connectivity index (χ1) is 11.9. The van der Waals surface area contributed by atoms with E-state index < -0.39 is 5.69 Å². The van der Waals surface area contributed by atoms with Crippen molar-refractivity contribution in [1.82, 2.24) is 18.7 Å². The highest BCUT2D eigenvalue weighted by atomic mass is 35.5. The van der Waals surface area contributed by atoms with Gasteiger partial charge in [-0.15, -0.1) is 0 Å². The van der Waals surface area contributed by atoms with E-state index in [0.717, 1.165) is 6.42 Å². The number of hydrogen-bond donors (Lipinski definition) is 0. The molecule has 0 bridgehead atoms. The van der Waals surface area contributed by atoms with E-state index in [1.807, 2.05) is 25.3 Å². The summed E-state index contributed by atoms with van der Waals surface area (Å²) in [7, 11) is 0. The highest BCUT2D eigenvalue weighted by Gasteiger charge is 2.19. The lowest BCUT2D eigenvalue weighted by Gasteiger charge is -2.14. The molecule has 0 saturated heterocycles. The summed E-state index contributed by atoms with van der Waals surface area (Å²) in [4.78, 5) is 30.4. The lowest BCUT2D eigenvalue weighted by atomic mass is 10.2. The quantitative estimate of drug-likeness (QED) is 0.702. The van der Waals surface area contributed by atoms with Crippen molar-refractivity contribution in [1.29, 1.82) is 0 Å². The fourth-order valence-electron chi connectivity index (χ4n) is 2.96. The molecule has 0 spiro atoms. The number of aryl methyl sites for hydroxylation is 1. The molecule has 1 aromatic carbocycles. The summed E-state index contributed by atoms with van der Waals surface area (Å²) in [5.74, 6) is 0.165. The number of benzene rings is 1. The molecule has 0 saturated carbocycles. The minimum atomic E-state index is -0.393. The maximum Gasteiger partial charge on any atom is 0.337 e.